The predicted molar refractivity (Wildman–Crippen MR) is 87.4 cm³/mol. The van der Waals surface area contributed by atoms with Gasteiger partial charge in [-0.05, 0) is 43.2 Å². The highest BCUT2D eigenvalue weighted by molar-refractivity contribution is 5.87. The van der Waals surface area contributed by atoms with Gasteiger partial charge in [-0.1, -0.05) is 6.07 Å². The average molecular weight is 297 g/mol. The van der Waals surface area contributed by atoms with Crippen LogP contribution in [0.2, 0.25) is 0 Å². The minimum Gasteiger partial charge on any atom is -0.496 e. The fraction of sp³-hybridized carbons (Fsp3) is 0.235. The van der Waals surface area contributed by atoms with E-state index in [-0.39, 0.29) is 6.61 Å². The first-order valence-corrected chi connectivity index (χ1v) is 7.08. The molecule has 1 aromatic carbocycles. The Balaban J connectivity index is 2.39. The van der Waals surface area contributed by atoms with Crippen molar-refractivity contribution in [3.8, 4) is 11.4 Å². The lowest BCUT2D eigenvalue weighted by Crippen LogP contribution is -2.06. The molecule has 0 saturated carbocycles. The van der Waals surface area contributed by atoms with E-state index in [1.165, 1.54) is 0 Å². The number of nitrogens with two attached hydrogens (primary N) is 1. The van der Waals surface area contributed by atoms with E-state index in [1.54, 1.807) is 19.4 Å². The second-order valence-corrected chi connectivity index (χ2v) is 5.33. The van der Waals surface area contributed by atoms with E-state index in [0.29, 0.717) is 5.82 Å². The Labute approximate surface area is 129 Å². The van der Waals surface area contributed by atoms with Gasteiger partial charge in [0.25, 0.3) is 0 Å². The van der Waals surface area contributed by atoms with Crippen LogP contribution in [-0.2, 0) is 6.61 Å². The van der Waals surface area contributed by atoms with Gasteiger partial charge in [0.1, 0.15) is 17.2 Å². The highest BCUT2D eigenvalue weighted by Gasteiger charge is 2.17. The second-order valence-electron chi connectivity index (χ2n) is 5.33. The molecule has 5 heteroatoms. The van der Waals surface area contributed by atoms with Gasteiger partial charge in [0.05, 0.1) is 19.4 Å². The molecule has 3 aromatic rings. The molecule has 0 spiro atoms. The molecule has 0 unspecified atom stereocenters. The van der Waals surface area contributed by atoms with Crippen molar-refractivity contribution < 1.29 is 9.84 Å². The van der Waals surface area contributed by atoms with Crippen molar-refractivity contribution in [3.05, 3.63) is 47.2 Å². The fourth-order valence-corrected chi connectivity index (χ4v) is 2.93. The summed E-state index contributed by atoms with van der Waals surface area (Å²) in [5.74, 6) is 1.39. The Kier molecular flexibility index (Phi) is 3.50. The molecule has 0 aliphatic rings. The van der Waals surface area contributed by atoms with Crippen molar-refractivity contribution in [2.45, 2.75) is 20.5 Å². The molecule has 0 bridgehead atoms. The van der Waals surface area contributed by atoms with Gasteiger partial charge in [0, 0.05) is 17.1 Å². The number of aromatic nitrogens is 2. The number of aliphatic hydroxyl groups is 1. The minimum atomic E-state index is -0.0431. The Bertz CT molecular complexity index is 853. The van der Waals surface area contributed by atoms with E-state index in [9.17, 15) is 5.11 Å². The number of ether oxygens (including phenoxy) is 1. The van der Waals surface area contributed by atoms with Crippen molar-refractivity contribution in [3.63, 3.8) is 0 Å². The summed E-state index contributed by atoms with van der Waals surface area (Å²) in [6.07, 6.45) is 1.69. The third-order valence-electron chi connectivity index (χ3n) is 4.02. The number of hydrogen-bond acceptors (Lipinski definition) is 4. The molecule has 0 fully saturated rings. The van der Waals surface area contributed by atoms with Crippen LogP contribution in [0.4, 0.5) is 5.82 Å². The summed E-state index contributed by atoms with van der Waals surface area (Å²) in [6.45, 7) is 3.99. The average Bonchev–Trinajstić information content (AvgIpc) is 2.84. The zero-order chi connectivity index (χ0) is 15.9. The van der Waals surface area contributed by atoms with E-state index in [0.717, 1.165) is 39.2 Å². The van der Waals surface area contributed by atoms with E-state index in [1.807, 2.05) is 36.6 Å². The van der Waals surface area contributed by atoms with Crippen LogP contribution in [0.5, 0.6) is 5.75 Å². The molecule has 0 aliphatic heterocycles. The van der Waals surface area contributed by atoms with Gasteiger partial charge in [0.15, 0.2) is 0 Å². The minimum absolute atomic E-state index is 0.0431. The van der Waals surface area contributed by atoms with E-state index >= 15 is 0 Å². The third-order valence-corrected chi connectivity index (χ3v) is 4.02. The third kappa shape index (κ3) is 2.02. The topological polar surface area (TPSA) is 73.3 Å². The number of rotatable bonds is 3. The monoisotopic (exact) mass is 297 g/mol. The first-order valence-electron chi connectivity index (χ1n) is 7.08. The van der Waals surface area contributed by atoms with E-state index in [4.69, 9.17) is 10.5 Å². The number of nitrogen functional groups attached to an aromatic ring is 1. The van der Waals surface area contributed by atoms with Crippen LogP contribution in [0.15, 0.2) is 30.5 Å². The number of anilines is 1. The molecule has 0 aliphatic carbocycles. The Morgan fingerprint density at radius 2 is 2.05 bits per heavy atom. The lowest BCUT2D eigenvalue weighted by molar-refractivity contribution is 0.283. The van der Waals surface area contributed by atoms with Crippen LogP contribution in [0.25, 0.3) is 16.7 Å². The maximum Gasteiger partial charge on any atom is 0.146 e. The van der Waals surface area contributed by atoms with E-state index in [2.05, 4.69) is 4.98 Å². The van der Waals surface area contributed by atoms with Crippen molar-refractivity contribution in [2.75, 3.05) is 12.8 Å². The summed E-state index contributed by atoms with van der Waals surface area (Å²) in [5.41, 5.74) is 10.8. The lowest BCUT2D eigenvalue weighted by atomic mass is 10.1. The van der Waals surface area contributed by atoms with Crippen molar-refractivity contribution in [2.24, 2.45) is 0 Å². The van der Waals surface area contributed by atoms with Crippen molar-refractivity contribution >= 4 is 16.9 Å². The van der Waals surface area contributed by atoms with Gasteiger partial charge in [-0.3, -0.25) is 4.57 Å². The number of aliphatic hydroxyl groups excluding tert-OH is 1. The van der Waals surface area contributed by atoms with Crippen molar-refractivity contribution in [1.29, 1.82) is 0 Å². The fourth-order valence-electron chi connectivity index (χ4n) is 2.93. The summed E-state index contributed by atoms with van der Waals surface area (Å²) < 4.78 is 7.34. The summed E-state index contributed by atoms with van der Waals surface area (Å²) in [5, 5.41) is 10.4. The van der Waals surface area contributed by atoms with Crippen LogP contribution in [-0.4, -0.2) is 21.8 Å². The molecule has 3 rings (SSSR count). The normalized spacial score (nSPS) is 11.1. The number of fused-ring (bicyclic) bond motifs is 1. The number of aryl methyl sites for hydroxylation is 1. The molecule has 22 heavy (non-hydrogen) atoms. The van der Waals surface area contributed by atoms with Crippen LogP contribution in [0.3, 0.4) is 0 Å². The number of hydrogen-bond donors (Lipinski definition) is 2. The van der Waals surface area contributed by atoms with Crippen molar-refractivity contribution in [1.82, 2.24) is 9.55 Å². The SMILES string of the molecule is COc1ccc(C)c(-n2c(N)cc3c(CO)ccnc32)c1C. The molecule has 0 radical (unpaired) electrons. The molecule has 3 N–H and O–H groups in total. The van der Waals surface area contributed by atoms with Gasteiger partial charge in [0.2, 0.25) is 0 Å². The molecule has 2 aromatic heterocycles. The highest BCUT2D eigenvalue weighted by atomic mass is 16.5. The first kappa shape index (κ1) is 14.4. The van der Waals surface area contributed by atoms with Gasteiger partial charge in [-0.15, -0.1) is 0 Å². The number of benzene rings is 1. The largest absolute Gasteiger partial charge is 0.496 e. The van der Waals surface area contributed by atoms with Crippen LogP contribution in [0.1, 0.15) is 16.7 Å². The summed E-state index contributed by atoms with van der Waals surface area (Å²) in [4.78, 5) is 4.46. The summed E-state index contributed by atoms with van der Waals surface area (Å²) in [6, 6.07) is 7.61. The molecule has 0 saturated heterocycles. The summed E-state index contributed by atoms with van der Waals surface area (Å²) >= 11 is 0. The smallest absolute Gasteiger partial charge is 0.146 e. The van der Waals surface area contributed by atoms with Gasteiger partial charge < -0.3 is 15.6 Å². The molecule has 2 heterocycles. The molecular weight excluding hydrogens is 278 g/mol. The van der Waals surface area contributed by atoms with Crippen LogP contribution in [0, 0.1) is 13.8 Å². The lowest BCUT2D eigenvalue weighted by Gasteiger charge is -2.16. The Morgan fingerprint density at radius 3 is 2.73 bits per heavy atom. The molecule has 0 atom stereocenters. The number of methoxy groups -OCH3 is 1. The maximum atomic E-state index is 9.50. The summed E-state index contributed by atoms with van der Waals surface area (Å²) in [7, 11) is 1.65. The molecule has 114 valence electrons. The second kappa shape index (κ2) is 5.35. The van der Waals surface area contributed by atoms with Crippen LogP contribution >= 0.6 is 0 Å². The predicted octanol–water partition coefficient (Wildman–Crippen LogP) is 2.73. The number of pyridine rings is 1. The van der Waals surface area contributed by atoms with Crippen LogP contribution < -0.4 is 10.5 Å². The maximum absolute atomic E-state index is 9.50. The Hall–Kier alpha value is -2.53. The zero-order valence-corrected chi connectivity index (χ0v) is 12.9. The highest BCUT2D eigenvalue weighted by Crippen LogP contribution is 2.33. The standard InChI is InChI=1S/C17H19N3O2/c1-10-4-5-14(22-3)11(2)16(10)20-15(18)8-13-12(9-21)6-7-19-17(13)20/h4-8,21H,9,18H2,1-3H3. The van der Waals surface area contributed by atoms with Gasteiger partial charge in [-0.25, -0.2) is 4.98 Å². The number of nitrogens with zero attached hydrogens (tertiary/aromatic N) is 2. The van der Waals surface area contributed by atoms with Gasteiger partial charge >= 0.3 is 0 Å². The first-order chi connectivity index (χ1) is 10.6. The quantitative estimate of drug-likeness (QED) is 0.779. The molecular formula is C17H19N3O2. The van der Waals surface area contributed by atoms with E-state index < -0.39 is 0 Å². The molecule has 0 amide bonds. The Morgan fingerprint density at radius 1 is 1.27 bits per heavy atom. The molecule has 5 nitrogen and oxygen atoms in total. The zero-order valence-electron chi connectivity index (χ0n) is 12.9. The van der Waals surface area contributed by atoms with Gasteiger partial charge in [-0.2, -0.15) is 0 Å².